The summed E-state index contributed by atoms with van der Waals surface area (Å²) in [6.07, 6.45) is 4.00. The monoisotopic (exact) mass is 288 g/mol. The van der Waals surface area contributed by atoms with Crippen LogP contribution in [0.4, 0.5) is 8.78 Å². The third-order valence-electron chi connectivity index (χ3n) is 2.80. The van der Waals surface area contributed by atoms with Crippen LogP contribution in [0.5, 0.6) is 0 Å². The van der Waals surface area contributed by atoms with Crippen LogP contribution in [0.1, 0.15) is 15.9 Å². The predicted molar refractivity (Wildman–Crippen MR) is 76.6 cm³/mol. The van der Waals surface area contributed by atoms with Gasteiger partial charge in [0, 0.05) is 43.2 Å². The molecule has 0 unspecified atom stereocenters. The predicted octanol–water partition coefficient (Wildman–Crippen LogP) is 3.15. The number of nitrogens with zero attached hydrogens (tertiary/aromatic N) is 2. The zero-order valence-electron chi connectivity index (χ0n) is 11.7. The molecular weight excluding hydrogens is 274 g/mol. The van der Waals surface area contributed by atoms with Crippen molar-refractivity contribution < 1.29 is 13.6 Å². The van der Waals surface area contributed by atoms with Crippen molar-refractivity contribution in [3.63, 3.8) is 0 Å². The zero-order valence-corrected chi connectivity index (χ0v) is 11.7. The van der Waals surface area contributed by atoms with Gasteiger partial charge in [0.15, 0.2) is 5.78 Å². The summed E-state index contributed by atoms with van der Waals surface area (Å²) < 4.78 is 26.8. The number of carbonyl (C=O) groups excluding carboxylic acids is 1. The van der Waals surface area contributed by atoms with Crippen LogP contribution in [0.25, 0.3) is 5.57 Å². The Morgan fingerprint density at radius 1 is 1.14 bits per heavy atom. The number of rotatable bonds is 4. The molecule has 1 aromatic carbocycles. The number of carbonyl (C=O) groups is 1. The highest BCUT2D eigenvalue weighted by Gasteiger charge is 2.18. The van der Waals surface area contributed by atoms with Gasteiger partial charge in [-0.05, 0) is 30.3 Å². The van der Waals surface area contributed by atoms with Gasteiger partial charge < -0.3 is 4.90 Å². The second-order valence-electron chi connectivity index (χ2n) is 4.70. The molecule has 0 aliphatic rings. The molecule has 0 saturated carbocycles. The summed E-state index contributed by atoms with van der Waals surface area (Å²) in [6.45, 7) is 0. The topological polar surface area (TPSA) is 33.2 Å². The van der Waals surface area contributed by atoms with E-state index in [0.717, 1.165) is 6.20 Å². The Labute approximate surface area is 121 Å². The first-order chi connectivity index (χ1) is 9.99. The minimum Gasteiger partial charge on any atom is -0.383 e. The number of aromatic nitrogens is 1. The van der Waals surface area contributed by atoms with Crippen LogP contribution in [0, 0.1) is 11.6 Å². The van der Waals surface area contributed by atoms with Crippen LogP contribution in [0.3, 0.4) is 0 Å². The van der Waals surface area contributed by atoms with E-state index >= 15 is 0 Å². The van der Waals surface area contributed by atoms with E-state index in [2.05, 4.69) is 4.98 Å². The van der Waals surface area contributed by atoms with Crippen LogP contribution >= 0.6 is 0 Å². The molecule has 0 fully saturated rings. The zero-order chi connectivity index (χ0) is 15.4. The molecule has 108 valence electrons. The van der Waals surface area contributed by atoms with Crippen LogP contribution in [-0.2, 0) is 0 Å². The molecule has 0 N–H and O–H groups in total. The largest absolute Gasteiger partial charge is 0.383 e. The maximum absolute atomic E-state index is 13.9. The molecule has 2 rings (SSSR count). The summed E-state index contributed by atoms with van der Waals surface area (Å²) >= 11 is 0. The number of ketones is 1. The summed E-state index contributed by atoms with van der Waals surface area (Å²) in [5, 5.41) is 0. The molecule has 0 radical (unpaired) electrons. The van der Waals surface area contributed by atoms with E-state index in [0.29, 0.717) is 5.56 Å². The molecule has 0 atom stereocenters. The lowest BCUT2D eigenvalue weighted by Gasteiger charge is -2.12. The number of halogens is 2. The minimum absolute atomic E-state index is 0.160. The van der Waals surface area contributed by atoms with Gasteiger partial charge in [0.1, 0.15) is 11.6 Å². The SMILES string of the molecule is CN(C)/C=C(\C(=O)c1ccc(F)cc1)c1ccncc1F. The Bertz CT molecular complexity index is 679. The average Bonchev–Trinajstić information content (AvgIpc) is 2.45. The maximum Gasteiger partial charge on any atom is 0.195 e. The van der Waals surface area contributed by atoms with Crippen molar-refractivity contribution in [1.82, 2.24) is 9.88 Å². The molecule has 2 aromatic rings. The standard InChI is InChI=1S/C16H14F2N2O/c1-20(2)10-14(13-7-8-19-9-15(13)18)16(21)11-3-5-12(17)6-4-11/h3-10H,1-2H3/b14-10-. The van der Waals surface area contributed by atoms with Gasteiger partial charge in [-0.25, -0.2) is 8.78 Å². The second-order valence-corrected chi connectivity index (χ2v) is 4.70. The van der Waals surface area contributed by atoms with Crippen LogP contribution in [0.2, 0.25) is 0 Å². The fourth-order valence-electron chi connectivity index (χ4n) is 1.86. The van der Waals surface area contributed by atoms with Crippen molar-refractivity contribution in [2.45, 2.75) is 0 Å². The van der Waals surface area contributed by atoms with E-state index in [1.165, 1.54) is 42.7 Å². The van der Waals surface area contributed by atoms with Gasteiger partial charge in [-0.2, -0.15) is 0 Å². The molecule has 0 bridgehead atoms. The third kappa shape index (κ3) is 3.51. The molecule has 1 heterocycles. The second kappa shape index (κ2) is 6.26. The number of allylic oxidation sites excluding steroid dienone is 1. The van der Waals surface area contributed by atoms with Crippen molar-refractivity contribution in [3.05, 3.63) is 71.7 Å². The molecule has 0 saturated heterocycles. The fraction of sp³-hybridized carbons (Fsp3) is 0.125. The van der Waals surface area contributed by atoms with Crippen LogP contribution in [0.15, 0.2) is 48.9 Å². The Balaban J connectivity index is 2.49. The number of pyridine rings is 1. The van der Waals surface area contributed by atoms with Gasteiger partial charge in [0.2, 0.25) is 0 Å². The van der Waals surface area contributed by atoms with E-state index in [1.807, 2.05) is 0 Å². The average molecular weight is 288 g/mol. The summed E-state index contributed by atoms with van der Waals surface area (Å²) in [5.74, 6) is -1.39. The van der Waals surface area contributed by atoms with Gasteiger partial charge in [-0.15, -0.1) is 0 Å². The van der Waals surface area contributed by atoms with E-state index < -0.39 is 11.6 Å². The Kier molecular flexibility index (Phi) is 4.42. The molecule has 1 aromatic heterocycles. The van der Waals surface area contributed by atoms with E-state index in [-0.39, 0.29) is 16.9 Å². The van der Waals surface area contributed by atoms with Crippen molar-refractivity contribution in [2.24, 2.45) is 0 Å². The van der Waals surface area contributed by atoms with Crippen molar-refractivity contribution in [2.75, 3.05) is 14.1 Å². The number of hydrogen-bond donors (Lipinski definition) is 0. The molecular formula is C16H14F2N2O. The fourth-order valence-corrected chi connectivity index (χ4v) is 1.86. The minimum atomic E-state index is -0.582. The Morgan fingerprint density at radius 3 is 2.38 bits per heavy atom. The highest BCUT2D eigenvalue weighted by Crippen LogP contribution is 2.22. The summed E-state index contributed by atoms with van der Waals surface area (Å²) in [7, 11) is 3.47. The van der Waals surface area contributed by atoms with Crippen molar-refractivity contribution in [1.29, 1.82) is 0 Å². The molecule has 0 amide bonds. The molecule has 5 heteroatoms. The number of Topliss-reactive ketones (excluding diaryl/α,β-unsaturated/α-hetero) is 1. The van der Waals surface area contributed by atoms with E-state index in [4.69, 9.17) is 0 Å². The lowest BCUT2D eigenvalue weighted by molar-refractivity contribution is 0.105. The van der Waals surface area contributed by atoms with E-state index in [9.17, 15) is 13.6 Å². The molecule has 0 spiro atoms. The first kappa shape index (κ1) is 14.8. The third-order valence-corrected chi connectivity index (χ3v) is 2.80. The number of hydrogen-bond acceptors (Lipinski definition) is 3. The van der Waals surface area contributed by atoms with Gasteiger partial charge in [0.25, 0.3) is 0 Å². The Hall–Kier alpha value is -2.56. The molecule has 0 aliphatic heterocycles. The molecule has 3 nitrogen and oxygen atoms in total. The van der Waals surface area contributed by atoms with Gasteiger partial charge >= 0.3 is 0 Å². The Morgan fingerprint density at radius 2 is 1.81 bits per heavy atom. The van der Waals surface area contributed by atoms with Crippen LogP contribution in [-0.4, -0.2) is 29.8 Å². The summed E-state index contributed by atoms with van der Waals surface area (Å²) in [6, 6.07) is 6.58. The lowest BCUT2D eigenvalue weighted by atomic mass is 9.98. The summed E-state index contributed by atoms with van der Waals surface area (Å²) in [5.41, 5.74) is 0.639. The van der Waals surface area contributed by atoms with Gasteiger partial charge in [-0.3, -0.25) is 9.78 Å². The highest BCUT2D eigenvalue weighted by molar-refractivity contribution is 6.28. The maximum atomic E-state index is 13.9. The van der Waals surface area contributed by atoms with E-state index in [1.54, 1.807) is 19.0 Å². The number of benzene rings is 1. The first-order valence-electron chi connectivity index (χ1n) is 6.27. The lowest BCUT2D eigenvalue weighted by Crippen LogP contribution is -2.10. The normalized spacial score (nSPS) is 11.3. The van der Waals surface area contributed by atoms with Crippen molar-refractivity contribution >= 4 is 11.4 Å². The molecule has 21 heavy (non-hydrogen) atoms. The quantitative estimate of drug-likeness (QED) is 0.640. The highest BCUT2D eigenvalue weighted by atomic mass is 19.1. The van der Waals surface area contributed by atoms with Crippen LogP contribution < -0.4 is 0 Å². The summed E-state index contributed by atoms with van der Waals surface area (Å²) in [4.78, 5) is 17.9. The molecule has 0 aliphatic carbocycles. The smallest absolute Gasteiger partial charge is 0.195 e. The first-order valence-corrected chi connectivity index (χ1v) is 6.27. The van der Waals surface area contributed by atoms with Gasteiger partial charge in [-0.1, -0.05) is 0 Å². The van der Waals surface area contributed by atoms with Gasteiger partial charge in [0.05, 0.1) is 6.20 Å². The van der Waals surface area contributed by atoms with Crippen molar-refractivity contribution in [3.8, 4) is 0 Å².